The van der Waals surface area contributed by atoms with E-state index in [1.807, 2.05) is 0 Å². The average molecular weight is 230 g/mol. The zero-order valence-electron chi connectivity index (χ0n) is 10.1. The van der Waals surface area contributed by atoms with Crippen LogP contribution in [0, 0.1) is 0 Å². The van der Waals surface area contributed by atoms with Crippen molar-refractivity contribution in [3.8, 4) is 0 Å². The van der Waals surface area contributed by atoms with Crippen molar-refractivity contribution in [3.63, 3.8) is 0 Å². The number of rotatable bonds is 1. The molecule has 0 saturated heterocycles. The first-order valence-corrected chi connectivity index (χ1v) is 6.73. The third-order valence-corrected chi connectivity index (χ3v) is 3.97. The minimum atomic E-state index is 0.232. The van der Waals surface area contributed by atoms with Gasteiger partial charge in [-0.1, -0.05) is 12.8 Å². The molecule has 3 rings (SSSR count). The van der Waals surface area contributed by atoms with Crippen LogP contribution < -0.4 is 0 Å². The Morgan fingerprint density at radius 2 is 1.82 bits per heavy atom. The van der Waals surface area contributed by atoms with Gasteiger partial charge in [0, 0.05) is 18.5 Å². The molecule has 0 N–H and O–H groups in total. The Balaban J connectivity index is 1.94. The highest BCUT2D eigenvalue weighted by Gasteiger charge is 2.23. The van der Waals surface area contributed by atoms with Crippen LogP contribution in [0.1, 0.15) is 72.7 Å². The highest BCUT2D eigenvalue weighted by molar-refractivity contribution is 5.97. The normalized spacial score (nSPS) is 21.3. The lowest BCUT2D eigenvalue weighted by atomic mass is 10.1. The van der Waals surface area contributed by atoms with E-state index in [2.05, 4.69) is 9.97 Å². The highest BCUT2D eigenvalue weighted by Crippen LogP contribution is 2.32. The van der Waals surface area contributed by atoms with Gasteiger partial charge in [-0.05, 0) is 32.1 Å². The summed E-state index contributed by atoms with van der Waals surface area (Å²) in [7, 11) is 0. The summed E-state index contributed by atoms with van der Waals surface area (Å²) < 4.78 is 0. The molecule has 1 heterocycles. The van der Waals surface area contributed by atoms with Crippen molar-refractivity contribution in [2.24, 2.45) is 0 Å². The topological polar surface area (TPSA) is 42.9 Å². The fourth-order valence-corrected chi connectivity index (χ4v) is 2.95. The molecular weight excluding hydrogens is 212 g/mol. The van der Waals surface area contributed by atoms with E-state index in [4.69, 9.17) is 0 Å². The minimum Gasteiger partial charge on any atom is -0.294 e. The van der Waals surface area contributed by atoms with Crippen LogP contribution in [0.25, 0.3) is 0 Å². The minimum absolute atomic E-state index is 0.232. The molecule has 0 aromatic carbocycles. The van der Waals surface area contributed by atoms with Gasteiger partial charge in [-0.2, -0.15) is 0 Å². The average Bonchev–Trinajstić information content (AvgIpc) is 2.82. The lowest BCUT2D eigenvalue weighted by Gasteiger charge is -2.10. The number of carbonyl (C=O) groups excluding carboxylic acids is 1. The maximum Gasteiger partial charge on any atom is 0.166 e. The maximum atomic E-state index is 11.9. The van der Waals surface area contributed by atoms with Crippen LogP contribution in [0.3, 0.4) is 0 Å². The van der Waals surface area contributed by atoms with Crippen LogP contribution >= 0.6 is 0 Å². The predicted molar refractivity (Wildman–Crippen MR) is 65.1 cm³/mol. The molecule has 0 atom stereocenters. The number of aromatic nitrogens is 2. The van der Waals surface area contributed by atoms with Crippen LogP contribution in [0.4, 0.5) is 0 Å². The molecule has 0 unspecified atom stereocenters. The summed E-state index contributed by atoms with van der Waals surface area (Å²) in [5.74, 6) is 1.75. The Morgan fingerprint density at radius 3 is 2.65 bits per heavy atom. The van der Waals surface area contributed by atoms with Gasteiger partial charge in [0.15, 0.2) is 5.78 Å². The molecule has 1 saturated carbocycles. The molecule has 1 aromatic rings. The van der Waals surface area contributed by atoms with Gasteiger partial charge in [0.05, 0.1) is 11.3 Å². The van der Waals surface area contributed by atoms with E-state index in [0.717, 1.165) is 36.3 Å². The maximum absolute atomic E-state index is 11.9. The molecule has 2 aliphatic rings. The standard InChI is InChI=1S/C14H18N2O/c17-13-8-4-3-7-12-11(13)9-15-14(16-12)10-5-1-2-6-10/h9-10H,1-8H2. The number of nitrogens with zero attached hydrogens (tertiary/aromatic N) is 2. The molecule has 17 heavy (non-hydrogen) atoms. The number of Topliss-reactive ketones (excluding diaryl/α,β-unsaturated/α-hetero) is 1. The third kappa shape index (κ3) is 2.11. The summed E-state index contributed by atoms with van der Waals surface area (Å²) in [6, 6.07) is 0. The molecule has 0 amide bonds. The second-order valence-corrected chi connectivity index (χ2v) is 5.20. The van der Waals surface area contributed by atoms with Gasteiger partial charge < -0.3 is 0 Å². The largest absolute Gasteiger partial charge is 0.294 e. The molecule has 3 heteroatoms. The van der Waals surface area contributed by atoms with Crippen molar-refractivity contribution in [2.45, 2.75) is 57.3 Å². The van der Waals surface area contributed by atoms with Crippen LogP contribution in [-0.2, 0) is 6.42 Å². The first-order chi connectivity index (χ1) is 8.34. The van der Waals surface area contributed by atoms with Crippen molar-refractivity contribution < 1.29 is 4.79 Å². The van der Waals surface area contributed by atoms with Crippen molar-refractivity contribution >= 4 is 5.78 Å². The lowest BCUT2D eigenvalue weighted by molar-refractivity contribution is 0.0981. The Morgan fingerprint density at radius 1 is 1.06 bits per heavy atom. The van der Waals surface area contributed by atoms with Crippen LogP contribution in [0.15, 0.2) is 6.20 Å². The zero-order valence-corrected chi connectivity index (χ0v) is 10.1. The third-order valence-electron chi connectivity index (χ3n) is 3.97. The summed E-state index contributed by atoms with van der Waals surface area (Å²) in [4.78, 5) is 21.0. The summed E-state index contributed by atoms with van der Waals surface area (Å²) in [5, 5.41) is 0. The van der Waals surface area contributed by atoms with E-state index in [1.54, 1.807) is 6.20 Å². The predicted octanol–water partition coefficient (Wildman–Crippen LogP) is 3.04. The molecule has 90 valence electrons. The lowest BCUT2D eigenvalue weighted by Crippen LogP contribution is -2.09. The van der Waals surface area contributed by atoms with E-state index in [0.29, 0.717) is 12.3 Å². The quantitative estimate of drug-likeness (QED) is 0.696. The molecule has 1 fully saturated rings. The van der Waals surface area contributed by atoms with E-state index in [9.17, 15) is 4.79 Å². The molecular formula is C14H18N2O. The van der Waals surface area contributed by atoms with Crippen molar-refractivity contribution in [3.05, 3.63) is 23.3 Å². The number of fused-ring (bicyclic) bond motifs is 1. The molecule has 0 radical (unpaired) electrons. The molecule has 1 aromatic heterocycles. The molecule has 0 bridgehead atoms. The summed E-state index contributed by atoms with van der Waals surface area (Å²) in [5.41, 5.74) is 1.79. The number of hydrogen-bond acceptors (Lipinski definition) is 3. The van der Waals surface area contributed by atoms with Gasteiger partial charge in [-0.15, -0.1) is 0 Å². The summed E-state index contributed by atoms with van der Waals surface area (Å²) >= 11 is 0. The van der Waals surface area contributed by atoms with E-state index < -0.39 is 0 Å². The van der Waals surface area contributed by atoms with E-state index >= 15 is 0 Å². The number of carbonyl (C=O) groups is 1. The Labute approximate surface area is 102 Å². The molecule has 0 aliphatic heterocycles. The van der Waals surface area contributed by atoms with Gasteiger partial charge in [0.25, 0.3) is 0 Å². The smallest absolute Gasteiger partial charge is 0.166 e. The molecule has 2 aliphatic carbocycles. The summed E-state index contributed by atoms with van der Waals surface area (Å²) in [6.45, 7) is 0. The number of aryl methyl sites for hydroxylation is 1. The summed E-state index contributed by atoms with van der Waals surface area (Å²) in [6.07, 6.45) is 10.5. The Kier molecular flexibility index (Phi) is 2.91. The van der Waals surface area contributed by atoms with Crippen molar-refractivity contribution in [1.29, 1.82) is 0 Å². The van der Waals surface area contributed by atoms with Crippen LogP contribution in [-0.4, -0.2) is 15.8 Å². The molecule has 0 spiro atoms. The van der Waals surface area contributed by atoms with Gasteiger partial charge in [0.2, 0.25) is 0 Å². The fraction of sp³-hybridized carbons (Fsp3) is 0.643. The monoisotopic (exact) mass is 230 g/mol. The van der Waals surface area contributed by atoms with Crippen molar-refractivity contribution in [1.82, 2.24) is 9.97 Å². The van der Waals surface area contributed by atoms with Crippen LogP contribution in [0.2, 0.25) is 0 Å². The molecule has 3 nitrogen and oxygen atoms in total. The van der Waals surface area contributed by atoms with Gasteiger partial charge >= 0.3 is 0 Å². The number of hydrogen-bond donors (Lipinski definition) is 0. The van der Waals surface area contributed by atoms with E-state index in [-0.39, 0.29) is 5.78 Å². The fourth-order valence-electron chi connectivity index (χ4n) is 2.95. The zero-order chi connectivity index (χ0) is 11.7. The van der Waals surface area contributed by atoms with Crippen LogP contribution in [0.5, 0.6) is 0 Å². The SMILES string of the molecule is O=C1CCCCc2nc(C3CCCC3)ncc21. The second-order valence-electron chi connectivity index (χ2n) is 5.20. The van der Waals surface area contributed by atoms with Crippen molar-refractivity contribution in [2.75, 3.05) is 0 Å². The van der Waals surface area contributed by atoms with Gasteiger partial charge in [-0.3, -0.25) is 4.79 Å². The first kappa shape index (κ1) is 10.9. The second kappa shape index (κ2) is 4.55. The highest BCUT2D eigenvalue weighted by atomic mass is 16.1. The number of ketones is 1. The Bertz CT molecular complexity index is 436. The van der Waals surface area contributed by atoms with Gasteiger partial charge in [-0.25, -0.2) is 9.97 Å². The first-order valence-electron chi connectivity index (χ1n) is 6.73. The van der Waals surface area contributed by atoms with E-state index in [1.165, 1.54) is 25.7 Å². The Hall–Kier alpha value is -1.25. The van der Waals surface area contributed by atoms with Gasteiger partial charge in [0.1, 0.15) is 5.82 Å².